The molecule has 0 amide bonds. The maximum Gasteiger partial charge on any atom is 0.320 e. The second-order valence-corrected chi connectivity index (χ2v) is 2.85. The van der Waals surface area contributed by atoms with Gasteiger partial charge in [-0.2, -0.15) is 0 Å². The number of rotatable bonds is 4. The van der Waals surface area contributed by atoms with E-state index in [0.29, 0.717) is 0 Å². The zero-order valence-corrected chi connectivity index (χ0v) is 7.02. The summed E-state index contributed by atoms with van der Waals surface area (Å²) in [5.74, 6) is -3.51. The first-order chi connectivity index (χ1) is 5.37. The average molecular weight is 175 g/mol. The van der Waals surface area contributed by atoms with Crippen LogP contribution in [-0.2, 0) is 9.59 Å². The highest BCUT2D eigenvalue weighted by Gasteiger charge is 2.28. The largest absolute Gasteiger partial charge is 0.481 e. The van der Waals surface area contributed by atoms with Crippen molar-refractivity contribution >= 4 is 11.9 Å². The molecule has 5 heteroatoms. The van der Waals surface area contributed by atoms with E-state index in [9.17, 15) is 9.59 Å². The van der Waals surface area contributed by atoms with E-state index in [1.165, 1.54) is 13.8 Å². The predicted molar refractivity (Wildman–Crippen MR) is 41.6 cm³/mol. The molecule has 3 atom stereocenters. The van der Waals surface area contributed by atoms with Gasteiger partial charge in [0.15, 0.2) is 0 Å². The van der Waals surface area contributed by atoms with Crippen LogP contribution in [-0.4, -0.2) is 28.2 Å². The molecule has 0 aliphatic heterocycles. The smallest absolute Gasteiger partial charge is 0.320 e. The van der Waals surface area contributed by atoms with Crippen molar-refractivity contribution in [2.75, 3.05) is 0 Å². The molecule has 0 fully saturated rings. The van der Waals surface area contributed by atoms with Crippen molar-refractivity contribution in [3.05, 3.63) is 0 Å². The van der Waals surface area contributed by atoms with Crippen LogP contribution in [0.1, 0.15) is 13.8 Å². The SMILES string of the molecule is C[C@@H]([C@@H](C)C(=O)O)[C@@H](N)C(=O)O. The molecule has 0 saturated carbocycles. The summed E-state index contributed by atoms with van der Waals surface area (Å²) in [6.07, 6.45) is 0. The Kier molecular flexibility index (Phi) is 3.69. The first-order valence-electron chi connectivity index (χ1n) is 3.59. The Morgan fingerprint density at radius 2 is 1.58 bits per heavy atom. The Morgan fingerprint density at radius 1 is 1.17 bits per heavy atom. The summed E-state index contributed by atoms with van der Waals surface area (Å²) in [6.45, 7) is 2.95. The van der Waals surface area contributed by atoms with Gasteiger partial charge in [-0.1, -0.05) is 13.8 Å². The molecule has 0 aliphatic carbocycles. The molecule has 0 spiro atoms. The molecule has 0 aromatic heterocycles. The van der Waals surface area contributed by atoms with Crippen LogP contribution in [0.15, 0.2) is 0 Å². The fourth-order valence-electron chi connectivity index (χ4n) is 0.761. The zero-order chi connectivity index (χ0) is 9.89. The van der Waals surface area contributed by atoms with E-state index in [-0.39, 0.29) is 0 Å². The van der Waals surface area contributed by atoms with Gasteiger partial charge < -0.3 is 15.9 Å². The highest BCUT2D eigenvalue weighted by Crippen LogP contribution is 2.14. The lowest BCUT2D eigenvalue weighted by Crippen LogP contribution is -2.41. The molecular weight excluding hydrogens is 162 g/mol. The molecule has 0 saturated heterocycles. The van der Waals surface area contributed by atoms with Crippen molar-refractivity contribution in [1.82, 2.24) is 0 Å². The molecule has 4 N–H and O–H groups in total. The van der Waals surface area contributed by atoms with Gasteiger partial charge in [0.25, 0.3) is 0 Å². The normalized spacial score (nSPS) is 17.9. The molecule has 0 bridgehead atoms. The van der Waals surface area contributed by atoms with Gasteiger partial charge in [-0.15, -0.1) is 0 Å². The number of carbonyl (C=O) groups is 2. The molecule has 5 nitrogen and oxygen atoms in total. The van der Waals surface area contributed by atoms with Crippen LogP contribution in [0.4, 0.5) is 0 Å². The fourth-order valence-corrected chi connectivity index (χ4v) is 0.761. The van der Waals surface area contributed by atoms with Crippen molar-refractivity contribution in [2.24, 2.45) is 17.6 Å². The van der Waals surface area contributed by atoms with Crippen molar-refractivity contribution in [2.45, 2.75) is 19.9 Å². The summed E-state index contributed by atoms with van der Waals surface area (Å²) in [6, 6.07) is -1.11. The zero-order valence-electron chi connectivity index (χ0n) is 7.02. The number of hydrogen-bond acceptors (Lipinski definition) is 3. The lowest BCUT2D eigenvalue weighted by molar-refractivity contribution is -0.145. The van der Waals surface area contributed by atoms with Crippen LogP contribution >= 0.6 is 0 Å². The molecule has 0 unspecified atom stereocenters. The van der Waals surface area contributed by atoms with E-state index in [0.717, 1.165) is 0 Å². The third-order valence-electron chi connectivity index (χ3n) is 2.03. The fraction of sp³-hybridized carbons (Fsp3) is 0.714. The summed E-state index contributed by atoms with van der Waals surface area (Å²) >= 11 is 0. The molecule has 0 rings (SSSR count). The number of carboxylic acids is 2. The predicted octanol–water partition coefficient (Wildman–Crippen LogP) is -0.245. The van der Waals surface area contributed by atoms with Crippen LogP contribution in [0.25, 0.3) is 0 Å². The van der Waals surface area contributed by atoms with Crippen LogP contribution in [0, 0.1) is 11.8 Å². The van der Waals surface area contributed by atoms with E-state index in [2.05, 4.69) is 0 Å². The second kappa shape index (κ2) is 4.06. The highest BCUT2D eigenvalue weighted by molar-refractivity contribution is 5.76. The summed E-state index contributed by atoms with van der Waals surface area (Å²) in [5, 5.41) is 17.0. The minimum atomic E-state index is -1.17. The maximum absolute atomic E-state index is 10.4. The van der Waals surface area contributed by atoms with E-state index >= 15 is 0 Å². The van der Waals surface area contributed by atoms with Crippen molar-refractivity contribution in [3.8, 4) is 0 Å². The lowest BCUT2D eigenvalue weighted by Gasteiger charge is -2.19. The van der Waals surface area contributed by atoms with Gasteiger partial charge >= 0.3 is 11.9 Å². The van der Waals surface area contributed by atoms with E-state index in [4.69, 9.17) is 15.9 Å². The number of hydrogen-bond donors (Lipinski definition) is 3. The van der Waals surface area contributed by atoms with Gasteiger partial charge in [0.05, 0.1) is 5.92 Å². The van der Waals surface area contributed by atoms with Gasteiger partial charge in [0, 0.05) is 0 Å². The van der Waals surface area contributed by atoms with Crippen molar-refractivity contribution in [1.29, 1.82) is 0 Å². The lowest BCUT2D eigenvalue weighted by atomic mass is 9.89. The third-order valence-corrected chi connectivity index (χ3v) is 2.03. The summed E-state index contributed by atoms with van der Waals surface area (Å²) in [4.78, 5) is 20.8. The monoisotopic (exact) mass is 175 g/mol. The van der Waals surface area contributed by atoms with Gasteiger partial charge in [0.1, 0.15) is 6.04 Å². The summed E-state index contributed by atoms with van der Waals surface area (Å²) < 4.78 is 0. The van der Waals surface area contributed by atoms with Gasteiger partial charge in [-0.25, -0.2) is 0 Å². The number of aliphatic carboxylic acids is 2. The van der Waals surface area contributed by atoms with Crippen LogP contribution in [0.5, 0.6) is 0 Å². The third kappa shape index (κ3) is 2.50. The Balaban J connectivity index is 4.28. The first-order valence-corrected chi connectivity index (χ1v) is 3.59. The molecule has 70 valence electrons. The maximum atomic E-state index is 10.4. The van der Waals surface area contributed by atoms with Crippen LogP contribution in [0.2, 0.25) is 0 Å². The topological polar surface area (TPSA) is 101 Å². The summed E-state index contributed by atoms with van der Waals surface area (Å²) in [7, 11) is 0. The molecule has 0 aromatic rings. The Labute approximate surface area is 70.2 Å². The Morgan fingerprint density at radius 3 is 1.83 bits per heavy atom. The Bertz CT molecular complexity index is 172. The van der Waals surface area contributed by atoms with E-state index < -0.39 is 29.8 Å². The van der Waals surface area contributed by atoms with E-state index in [1.807, 2.05) is 0 Å². The van der Waals surface area contributed by atoms with Gasteiger partial charge in [-0.05, 0) is 5.92 Å². The molecule has 12 heavy (non-hydrogen) atoms. The molecule has 0 aromatic carbocycles. The number of nitrogens with two attached hydrogens (primary N) is 1. The van der Waals surface area contributed by atoms with Crippen molar-refractivity contribution < 1.29 is 19.8 Å². The summed E-state index contributed by atoms with van der Waals surface area (Å²) in [5.41, 5.74) is 5.24. The first kappa shape index (κ1) is 10.9. The van der Waals surface area contributed by atoms with Gasteiger partial charge in [0.2, 0.25) is 0 Å². The Hall–Kier alpha value is -1.10. The second-order valence-electron chi connectivity index (χ2n) is 2.85. The van der Waals surface area contributed by atoms with Crippen LogP contribution in [0.3, 0.4) is 0 Å². The molecule has 0 heterocycles. The molecular formula is C7H13NO4. The molecule has 0 aliphatic rings. The van der Waals surface area contributed by atoms with Gasteiger partial charge in [-0.3, -0.25) is 9.59 Å². The minimum absolute atomic E-state index is 0.569. The van der Waals surface area contributed by atoms with Crippen LogP contribution < -0.4 is 5.73 Å². The quantitative estimate of drug-likeness (QED) is 0.547. The standard InChI is InChI=1S/C7H13NO4/c1-3(4(2)6(9)10)5(8)7(11)12/h3-5H,8H2,1-2H3,(H,9,10)(H,11,12)/t3-,4+,5+/m0/s1. The molecule has 0 radical (unpaired) electrons. The average Bonchev–Trinajstić information content (AvgIpc) is 2.00. The minimum Gasteiger partial charge on any atom is -0.481 e. The van der Waals surface area contributed by atoms with E-state index in [1.54, 1.807) is 0 Å². The number of carboxylic acid groups (broad SMARTS) is 2. The van der Waals surface area contributed by atoms with Crippen molar-refractivity contribution in [3.63, 3.8) is 0 Å². The highest BCUT2D eigenvalue weighted by atomic mass is 16.4.